The van der Waals surface area contributed by atoms with Gasteiger partial charge in [0, 0.05) is 45.0 Å². The largest absolute Gasteiger partial charge is 0.339 e. The summed E-state index contributed by atoms with van der Waals surface area (Å²) in [5, 5.41) is 9.20. The van der Waals surface area contributed by atoms with Crippen molar-refractivity contribution in [2.75, 3.05) is 58.1 Å². The van der Waals surface area contributed by atoms with Gasteiger partial charge in [-0.3, -0.25) is 14.3 Å². The first-order valence-electron chi connectivity index (χ1n) is 12.3. The predicted octanol–water partition coefficient (Wildman–Crippen LogP) is 3.41. The standard InChI is InChI=1S/C26H31FN6OS/c27-23-11-5-4-10-22(23)25-28-29-26(33(25)21-8-2-1-3-9-21)35-20-24(34)32-18-16-31(17-19-32)15-14-30-12-6-7-13-30/h1-5,8-11H,6-7,12-20H2. The van der Waals surface area contributed by atoms with Crippen LogP contribution in [0.5, 0.6) is 0 Å². The highest BCUT2D eigenvalue weighted by molar-refractivity contribution is 7.99. The maximum atomic E-state index is 14.6. The number of thioether (sulfide) groups is 1. The molecule has 2 aliphatic heterocycles. The summed E-state index contributed by atoms with van der Waals surface area (Å²) in [5.74, 6) is 0.447. The lowest BCUT2D eigenvalue weighted by molar-refractivity contribution is -0.130. The van der Waals surface area contributed by atoms with Crippen LogP contribution in [0.3, 0.4) is 0 Å². The number of aromatic nitrogens is 3. The summed E-state index contributed by atoms with van der Waals surface area (Å²) in [6.45, 7) is 8.00. The van der Waals surface area contributed by atoms with E-state index >= 15 is 0 Å². The molecule has 0 aliphatic carbocycles. The van der Waals surface area contributed by atoms with Gasteiger partial charge in [0.05, 0.1) is 11.3 Å². The number of likely N-dealkylation sites (tertiary alicyclic amines) is 1. The van der Waals surface area contributed by atoms with Crippen LogP contribution in [-0.2, 0) is 4.79 Å². The number of hydrogen-bond donors (Lipinski definition) is 0. The number of nitrogens with zero attached hydrogens (tertiary/aromatic N) is 6. The monoisotopic (exact) mass is 494 g/mol. The second-order valence-electron chi connectivity index (χ2n) is 9.02. The molecule has 2 fully saturated rings. The van der Waals surface area contributed by atoms with Crippen molar-refractivity contribution in [2.24, 2.45) is 0 Å². The maximum Gasteiger partial charge on any atom is 0.233 e. The van der Waals surface area contributed by atoms with E-state index < -0.39 is 0 Å². The minimum Gasteiger partial charge on any atom is -0.339 e. The van der Waals surface area contributed by atoms with Crippen LogP contribution in [0.4, 0.5) is 4.39 Å². The lowest BCUT2D eigenvalue weighted by Crippen LogP contribution is -2.50. The Kier molecular flexibility index (Phi) is 7.75. The Bertz CT molecular complexity index is 1130. The molecule has 35 heavy (non-hydrogen) atoms. The Morgan fingerprint density at radius 1 is 0.829 bits per heavy atom. The molecule has 2 aromatic carbocycles. The first-order chi connectivity index (χ1) is 17.2. The molecule has 0 atom stereocenters. The number of rotatable bonds is 8. The summed E-state index contributed by atoms with van der Waals surface area (Å²) >= 11 is 1.35. The maximum absolute atomic E-state index is 14.6. The van der Waals surface area contributed by atoms with Crippen molar-refractivity contribution in [2.45, 2.75) is 18.0 Å². The summed E-state index contributed by atoms with van der Waals surface area (Å²) < 4.78 is 16.4. The van der Waals surface area contributed by atoms with Crippen LogP contribution in [0.1, 0.15) is 12.8 Å². The van der Waals surface area contributed by atoms with Gasteiger partial charge in [-0.1, -0.05) is 42.1 Å². The van der Waals surface area contributed by atoms with Gasteiger partial charge in [0.1, 0.15) is 5.82 Å². The first kappa shape index (κ1) is 24.0. The Hall–Kier alpha value is -2.75. The van der Waals surface area contributed by atoms with Crippen molar-refractivity contribution in [1.29, 1.82) is 0 Å². The second-order valence-corrected chi connectivity index (χ2v) is 9.96. The molecule has 2 aliphatic rings. The van der Waals surface area contributed by atoms with Crippen LogP contribution >= 0.6 is 11.8 Å². The molecule has 7 nitrogen and oxygen atoms in total. The molecule has 0 N–H and O–H groups in total. The molecule has 3 heterocycles. The first-order valence-corrected chi connectivity index (χ1v) is 13.3. The van der Waals surface area contributed by atoms with Gasteiger partial charge in [0.2, 0.25) is 5.91 Å². The molecule has 184 valence electrons. The number of para-hydroxylation sites is 1. The number of halogens is 1. The van der Waals surface area contributed by atoms with Gasteiger partial charge < -0.3 is 9.80 Å². The topological polar surface area (TPSA) is 57.5 Å². The summed E-state index contributed by atoms with van der Waals surface area (Å²) in [7, 11) is 0. The molecule has 0 radical (unpaired) electrons. The molecular weight excluding hydrogens is 463 g/mol. The van der Waals surface area contributed by atoms with Crippen molar-refractivity contribution in [3.8, 4) is 17.1 Å². The molecule has 0 unspecified atom stereocenters. The minimum absolute atomic E-state index is 0.101. The third-order valence-electron chi connectivity index (χ3n) is 6.74. The van der Waals surface area contributed by atoms with E-state index in [2.05, 4.69) is 20.0 Å². The number of carbonyl (C=O) groups excluding carboxylic acids is 1. The highest BCUT2D eigenvalue weighted by Gasteiger charge is 2.24. The predicted molar refractivity (Wildman–Crippen MR) is 136 cm³/mol. The van der Waals surface area contributed by atoms with Crippen LogP contribution < -0.4 is 0 Å². The van der Waals surface area contributed by atoms with Crippen LogP contribution in [-0.4, -0.2) is 93.5 Å². The van der Waals surface area contributed by atoms with Gasteiger partial charge in [0.25, 0.3) is 0 Å². The molecule has 3 aromatic rings. The van der Waals surface area contributed by atoms with Gasteiger partial charge in [-0.15, -0.1) is 10.2 Å². The van der Waals surface area contributed by atoms with Crippen LogP contribution in [0.2, 0.25) is 0 Å². The molecule has 9 heteroatoms. The van der Waals surface area contributed by atoms with E-state index in [1.165, 1.54) is 43.8 Å². The van der Waals surface area contributed by atoms with Crippen LogP contribution in [0.15, 0.2) is 59.8 Å². The van der Waals surface area contributed by atoms with E-state index in [1.807, 2.05) is 39.8 Å². The Morgan fingerprint density at radius 2 is 1.49 bits per heavy atom. The van der Waals surface area contributed by atoms with Crippen molar-refractivity contribution >= 4 is 17.7 Å². The van der Waals surface area contributed by atoms with Crippen molar-refractivity contribution in [1.82, 2.24) is 29.5 Å². The van der Waals surface area contributed by atoms with Gasteiger partial charge in [-0.05, 0) is 50.2 Å². The molecule has 1 aromatic heterocycles. The van der Waals surface area contributed by atoms with E-state index in [9.17, 15) is 9.18 Å². The van der Waals surface area contributed by atoms with Crippen molar-refractivity contribution in [3.05, 3.63) is 60.4 Å². The highest BCUT2D eigenvalue weighted by Crippen LogP contribution is 2.29. The number of carbonyl (C=O) groups is 1. The van der Waals surface area contributed by atoms with E-state index in [4.69, 9.17) is 0 Å². The van der Waals surface area contributed by atoms with Gasteiger partial charge >= 0.3 is 0 Å². The van der Waals surface area contributed by atoms with E-state index in [1.54, 1.807) is 18.2 Å². The third kappa shape index (κ3) is 5.74. The summed E-state index contributed by atoms with van der Waals surface area (Å²) in [4.78, 5) is 19.9. The quantitative estimate of drug-likeness (QED) is 0.448. The minimum atomic E-state index is -0.354. The molecule has 1 amide bonds. The van der Waals surface area contributed by atoms with E-state index in [-0.39, 0.29) is 17.5 Å². The van der Waals surface area contributed by atoms with Crippen molar-refractivity contribution < 1.29 is 9.18 Å². The van der Waals surface area contributed by atoms with Crippen LogP contribution in [0.25, 0.3) is 17.1 Å². The zero-order chi connectivity index (χ0) is 24.0. The van der Waals surface area contributed by atoms with Gasteiger partial charge in [0.15, 0.2) is 11.0 Å². The number of piperazine rings is 1. The lowest BCUT2D eigenvalue weighted by atomic mass is 10.2. The zero-order valence-corrected chi connectivity index (χ0v) is 20.7. The van der Waals surface area contributed by atoms with E-state index in [0.717, 1.165) is 45.0 Å². The fourth-order valence-electron chi connectivity index (χ4n) is 4.72. The van der Waals surface area contributed by atoms with Crippen molar-refractivity contribution in [3.63, 3.8) is 0 Å². The molecule has 0 spiro atoms. The second kappa shape index (κ2) is 11.3. The normalized spacial score (nSPS) is 17.2. The molecule has 2 saturated heterocycles. The number of hydrogen-bond acceptors (Lipinski definition) is 6. The fourth-order valence-corrected chi connectivity index (χ4v) is 5.57. The Morgan fingerprint density at radius 3 is 2.20 bits per heavy atom. The third-order valence-corrected chi connectivity index (χ3v) is 7.66. The van der Waals surface area contributed by atoms with E-state index in [0.29, 0.717) is 16.5 Å². The number of amides is 1. The Balaban J connectivity index is 1.22. The molecule has 0 bridgehead atoms. The summed E-state index contributed by atoms with van der Waals surface area (Å²) in [5.41, 5.74) is 1.21. The van der Waals surface area contributed by atoms with Gasteiger partial charge in [-0.25, -0.2) is 4.39 Å². The molecule has 0 saturated carbocycles. The number of benzene rings is 2. The smallest absolute Gasteiger partial charge is 0.233 e. The Labute approximate surface area is 209 Å². The molecule has 5 rings (SSSR count). The van der Waals surface area contributed by atoms with Crippen LogP contribution in [0, 0.1) is 5.82 Å². The average molecular weight is 495 g/mol. The molecular formula is C26H31FN6OS. The summed E-state index contributed by atoms with van der Waals surface area (Å²) in [6.07, 6.45) is 2.64. The summed E-state index contributed by atoms with van der Waals surface area (Å²) in [6, 6.07) is 16.2. The fraction of sp³-hybridized carbons (Fsp3) is 0.423. The highest BCUT2D eigenvalue weighted by atomic mass is 32.2. The lowest BCUT2D eigenvalue weighted by Gasteiger charge is -2.35. The SMILES string of the molecule is O=C(CSc1nnc(-c2ccccc2F)n1-c1ccccc1)N1CCN(CCN2CCCC2)CC1. The zero-order valence-electron chi connectivity index (χ0n) is 19.9. The average Bonchev–Trinajstić information content (AvgIpc) is 3.57. The van der Waals surface area contributed by atoms with Gasteiger partial charge in [-0.2, -0.15) is 0 Å².